The van der Waals surface area contributed by atoms with Crippen molar-refractivity contribution in [2.75, 3.05) is 6.61 Å². The number of rotatable bonds is 8. The number of aryl methyl sites for hydroxylation is 2. The quantitative estimate of drug-likeness (QED) is 0.449. The van der Waals surface area contributed by atoms with Crippen molar-refractivity contribution >= 4 is 11.7 Å². The zero-order valence-electron chi connectivity index (χ0n) is 11.7. The third-order valence-corrected chi connectivity index (χ3v) is 2.88. The number of hydrogen-bond donors (Lipinski definition) is 1. The molecule has 110 valence electrons. The summed E-state index contributed by atoms with van der Waals surface area (Å²) in [5.74, 6) is -0.505. The third-order valence-electron chi connectivity index (χ3n) is 2.88. The number of ether oxygens (including phenoxy) is 1. The number of hydrogen-bond acceptors (Lipinski definition) is 4. The maximum Gasteiger partial charge on any atom is 0.311 e. The SMILES string of the molecule is Cc1cc(C)c(OCCCCCC(=O)O)c([N+](=O)[O-])c1. The summed E-state index contributed by atoms with van der Waals surface area (Å²) < 4.78 is 5.50. The van der Waals surface area contributed by atoms with E-state index < -0.39 is 10.9 Å². The average Bonchev–Trinajstić information content (AvgIpc) is 2.34. The predicted octanol–water partition coefficient (Wildman–Crippen LogP) is 3.24. The second-order valence-corrected chi connectivity index (χ2v) is 4.74. The van der Waals surface area contributed by atoms with E-state index in [2.05, 4.69) is 0 Å². The normalized spacial score (nSPS) is 10.3. The molecule has 0 fully saturated rings. The van der Waals surface area contributed by atoms with E-state index in [4.69, 9.17) is 9.84 Å². The van der Waals surface area contributed by atoms with Gasteiger partial charge in [0.1, 0.15) is 0 Å². The maximum atomic E-state index is 11.0. The van der Waals surface area contributed by atoms with Gasteiger partial charge in [-0.05, 0) is 44.2 Å². The molecular weight excluding hydrogens is 262 g/mol. The standard InChI is InChI=1S/C14H19NO5/c1-10-8-11(2)14(12(9-10)15(18)19)20-7-5-3-4-6-13(16)17/h8-9H,3-7H2,1-2H3,(H,16,17). The van der Waals surface area contributed by atoms with Crippen molar-refractivity contribution in [3.8, 4) is 5.75 Å². The number of nitro benzene ring substituents is 1. The number of carboxylic acid groups (broad SMARTS) is 1. The van der Waals surface area contributed by atoms with Gasteiger partial charge in [0.05, 0.1) is 11.5 Å². The summed E-state index contributed by atoms with van der Waals surface area (Å²) >= 11 is 0. The largest absolute Gasteiger partial charge is 0.487 e. The number of nitro groups is 1. The topological polar surface area (TPSA) is 89.7 Å². The van der Waals surface area contributed by atoms with Crippen molar-refractivity contribution in [3.05, 3.63) is 33.4 Å². The van der Waals surface area contributed by atoms with Gasteiger partial charge in [-0.15, -0.1) is 0 Å². The first-order chi connectivity index (χ1) is 9.41. The number of unbranched alkanes of at least 4 members (excludes halogenated alkanes) is 2. The zero-order valence-corrected chi connectivity index (χ0v) is 11.7. The Morgan fingerprint density at radius 2 is 2.00 bits per heavy atom. The van der Waals surface area contributed by atoms with Crippen molar-refractivity contribution in [2.24, 2.45) is 0 Å². The molecule has 0 radical (unpaired) electrons. The van der Waals surface area contributed by atoms with Gasteiger partial charge in [0.15, 0.2) is 5.75 Å². The smallest absolute Gasteiger partial charge is 0.311 e. The summed E-state index contributed by atoms with van der Waals surface area (Å²) in [5, 5.41) is 19.5. The van der Waals surface area contributed by atoms with E-state index in [0.717, 1.165) is 17.5 Å². The second-order valence-electron chi connectivity index (χ2n) is 4.74. The van der Waals surface area contributed by atoms with Crippen LogP contribution < -0.4 is 4.74 Å². The summed E-state index contributed by atoms with van der Waals surface area (Å²) in [4.78, 5) is 20.9. The molecule has 0 aliphatic rings. The van der Waals surface area contributed by atoms with Crippen LogP contribution in [0.2, 0.25) is 0 Å². The van der Waals surface area contributed by atoms with Crippen molar-refractivity contribution in [1.82, 2.24) is 0 Å². The Labute approximate surface area is 117 Å². The minimum absolute atomic E-state index is 0.0203. The highest BCUT2D eigenvalue weighted by Gasteiger charge is 2.18. The molecule has 0 unspecified atom stereocenters. The Bertz CT molecular complexity index is 499. The molecule has 1 rings (SSSR count). The van der Waals surface area contributed by atoms with Crippen LogP contribution in [-0.2, 0) is 4.79 Å². The average molecular weight is 281 g/mol. The molecular formula is C14H19NO5. The van der Waals surface area contributed by atoms with Gasteiger partial charge in [-0.25, -0.2) is 0 Å². The van der Waals surface area contributed by atoms with E-state index in [1.807, 2.05) is 6.07 Å². The molecule has 6 nitrogen and oxygen atoms in total. The summed E-state index contributed by atoms with van der Waals surface area (Å²) in [7, 11) is 0. The maximum absolute atomic E-state index is 11.0. The fourth-order valence-corrected chi connectivity index (χ4v) is 1.98. The van der Waals surface area contributed by atoms with Crippen LogP contribution in [0.5, 0.6) is 5.75 Å². The lowest BCUT2D eigenvalue weighted by molar-refractivity contribution is -0.386. The number of carboxylic acids is 1. The van der Waals surface area contributed by atoms with Gasteiger partial charge in [0, 0.05) is 12.5 Å². The fourth-order valence-electron chi connectivity index (χ4n) is 1.98. The van der Waals surface area contributed by atoms with Crippen LogP contribution in [0.1, 0.15) is 36.8 Å². The molecule has 0 atom stereocenters. The van der Waals surface area contributed by atoms with Crippen LogP contribution >= 0.6 is 0 Å². The Balaban J connectivity index is 2.55. The lowest BCUT2D eigenvalue weighted by Crippen LogP contribution is -2.03. The molecule has 6 heteroatoms. The highest BCUT2D eigenvalue weighted by atomic mass is 16.6. The molecule has 0 amide bonds. The van der Waals surface area contributed by atoms with Crippen molar-refractivity contribution in [2.45, 2.75) is 39.5 Å². The molecule has 0 heterocycles. The lowest BCUT2D eigenvalue weighted by atomic mass is 10.1. The molecule has 0 aliphatic heterocycles. The monoisotopic (exact) mass is 281 g/mol. The predicted molar refractivity (Wildman–Crippen MR) is 74.2 cm³/mol. The Hall–Kier alpha value is -2.11. The van der Waals surface area contributed by atoms with Gasteiger partial charge >= 0.3 is 11.7 Å². The molecule has 1 N–H and O–H groups in total. The highest BCUT2D eigenvalue weighted by molar-refractivity contribution is 5.66. The molecule has 0 saturated heterocycles. The number of nitrogens with zero attached hydrogens (tertiary/aromatic N) is 1. The van der Waals surface area contributed by atoms with Crippen molar-refractivity contribution in [3.63, 3.8) is 0 Å². The molecule has 0 aromatic heterocycles. The van der Waals surface area contributed by atoms with E-state index in [-0.39, 0.29) is 12.1 Å². The summed E-state index contributed by atoms with van der Waals surface area (Å²) in [6, 6.07) is 3.33. The fraction of sp³-hybridized carbons (Fsp3) is 0.500. The van der Waals surface area contributed by atoms with Gasteiger partial charge < -0.3 is 9.84 Å². The van der Waals surface area contributed by atoms with Gasteiger partial charge in [-0.3, -0.25) is 14.9 Å². The van der Waals surface area contributed by atoms with E-state index in [0.29, 0.717) is 25.2 Å². The Morgan fingerprint density at radius 1 is 1.30 bits per heavy atom. The molecule has 0 aliphatic carbocycles. The van der Waals surface area contributed by atoms with Crippen LogP contribution in [0.4, 0.5) is 5.69 Å². The molecule has 1 aromatic rings. The minimum atomic E-state index is -0.809. The number of aliphatic carboxylic acids is 1. The summed E-state index contributed by atoms with van der Waals surface area (Å²) in [6.45, 7) is 3.93. The lowest BCUT2D eigenvalue weighted by Gasteiger charge is -2.10. The van der Waals surface area contributed by atoms with Crippen LogP contribution in [-0.4, -0.2) is 22.6 Å². The molecule has 0 spiro atoms. The second kappa shape index (κ2) is 7.47. The first kappa shape index (κ1) is 15.9. The summed E-state index contributed by atoms with van der Waals surface area (Å²) in [6.07, 6.45) is 2.14. The Morgan fingerprint density at radius 3 is 2.60 bits per heavy atom. The highest BCUT2D eigenvalue weighted by Crippen LogP contribution is 2.32. The minimum Gasteiger partial charge on any atom is -0.487 e. The molecule has 0 saturated carbocycles. The summed E-state index contributed by atoms with van der Waals surface area (Å²) in [5.41, 5.74) is 1.54. The molecule has 1 aromatic carbocycles. The van der Waals surface area contributed by atoms with Gasteiger partial charge in [0.2, 0.25) is 0 Å². The third kappa shape index (κ3) is 4.87. The first-order valence-electron chi connectivity index (χ1n) is 6.52. The van der Waals surface area contributed by atoms with Crippen LogP contribution in [0.25, 0.3) is 0 Å². The van der Waals surface area contributed by atoms with E-state index in [1.54, 1.807) is 13.8 Å². The van der Waals surface area contributed by atoms with E-state index >= 15 is 0 Å². The molecule has 0 bridgehead atoms. The van der Waals surface area contributed by atoms with Crippen LogP contribution in [0.3, 0.4) is 0 Å². The van der Waals surface area contributed by atoms with Gasteiger partial charge in [-0.2, -0.15) is 0 Å². The van der Waals surface area contributed by atoms with Gasteiger partial charge in [0.25, 0.3) is 0 Å². The van der Waals surface area contributed by atoms with Gasteiger partial charge in [-0.1, -0.05) is 6.07 Å². The number of benzene rings is 1. The van der Waals surface area contributed by atoms with E-state index in [9.17, 15) is 14.9 Å². The zero-order chi connectivity index (χ0) is 15.1. The first-order valence-corrected chi connectivity index (χ1v) is 6.52. The van der Waals surface area contributed by atoms with Crippen molar-refractivity contribution < 1.29 is 19.6 Å². The van der Waals surface area contributed by atoms with Crippen LogP contribution in [0.15, 0.2) is 12.1 Å². The van der Waals surface area contributed by atoms with E-state index in [1.165, 1.54) is 6.07 Å². The van der Waals surface area contributed by atoms with Crippen LogP contribution in [0, 0.1) is 24.0 Å². The number of carbonyl (C=O) groups is 1. The van der Waals surface area contributed by atoms with Crippen molar-refractivity contribution in [1.29, 1.82) is 0 Å². The molecule has 20 heavy (non-hydrogen) atoms. The Kier molecular flexibility index (Phi) is 5.96.